The first kappa shape index (κ1) is 17.8. The molecule has 0 unspecified atom stereocenters. The van der Waals surface area contributed by atoms with E-state index in [1.54, 1.807) is 0 Å². The van der Waals surface area contributed by atoms with Gasteiger partial charge in [0.1, 0.15) is 5.75 Å². The van der Waals surface area contributed by atoms with Gasteiger partial charge in [-0.2, -0.15) is 4.98 Å². The highest BCUT2D eigenvalue weighted by Crippen LogP contribution is 2.12. The van der Waals surface area contributed by atoms with Crippen molar-refractivity contribution in [2.45, 2.75) is 12.3 Å². The Bertz CT molecular complexity index is 853. The number of rotatable bonds is 5. The number of anilines is 1. The third kappa shape index (κ3) is 4.98. The van der Waals surface area contributed by atoms with E-state index < -0.39 is 33.3 Å². The third-order valence-electron chi connectivity index (χ3n) is 2.82. The van der Waals surface area contributed by atoms with Crippen molar-refractivity contribution in [1.82, 2.24) is 15.0 Å². The summed E-state index contributed by atoms with van der Waals surface area (Å²) in [7, 11) is -1.91. The van der Waals surface area contributed by atoms with Crippen LogP contribution in [0.5, 0.6) is 0 Å². The highest BCUT2D eigenvalue weighted by Gasteiger charge is 2.16. The second-order valence-corrected chi connectivity index (χ2v) is 7.26. The third-order valence-corrected chi connectivity index (χ3v) is 3.61. The average Bonchev–Trinajstić information content (AvgIpc) is 2.87. The molecule has 2 rings (SSSR count). The summed E-state index contributed by atoms with van der Waals surface area (Å²) >= 11 is 0. The molecule has 130 valence electrons. The van der Waals surface area contributed by atoms with E-state index in [4.69, 9.17) is 4.52 Å². The fourth-order valence-electron chi connectivity index (χ4n) is 1.77. The zero-order chi connectivity index (χ0) is 17.9. The molecule has 1 aromatic heterocycles. The molecule has 0 aliphatic heterocycles. The van der Waals surface area contributed by atoms with Crippen molar-refractivity contribution in [3.05, 3.63) is 41.2 Å². The number of carbonyl (C=O) groups excluding carboxylic acids is 1. The fourth-order valence-corrected chi connectivity index (χ4v) is 2.35. The summed E-state index contributed by atoms with van der Waals surface area (Å²) < 4.78 is 53.0. The summed E-state index contributed by atoms with van der Waals surface area (Å²) in [6.07, 6.45) is 1.01. The highest BCUT2D eigenvalue weighted by atomic mass is 32.2. The number of aromatic nitrogens is 2. The standard InChI is InChI=1S/C13H14F2N4O4S/c1-19(6-8-3-4-9(14)10(15)5-8)13(20)17-12-16-11(18-23-12)7-24(2,21)22/h3-5H,6-7H2,1-2H3,(H,16,17,18,20). The molecule has 11 heteroatoms. The van der Waals surface area contributed by atoms with Crippen molar-refractivity contribution >= 4 is 21.9 Å². The lowest BCUT2D eigenvalue weighted by Gasteiger charge is -2.16. The lowest BCUT2D eigenvalue weighted by Crippen LogP contribution is -2.31. The topological polar surface area (TPSA) is 105 Å². The molecule has 1 heterocycles. The highest BCUT2D eigenvalue weighted by molar-refractivity contribution is 7.89. The SMILES string of the molecule is CN(Cc1ccc(F)c(F)c1)C(=O)Nc1nc(CS(C)(=O)=O)no1. The Morgan fingerprint density at radius 2 is 2.04 bits per heavy atom. The average molecular weight is 360 g/mol. The number of nitrogens with zero attached hydrogens (tertiary/aromatic N) is 3. The molecule has 2 aromatic rings. The predicted octanol–water partition coefficient (Wildman–Crippen LogP) is 1.56. The number of sulfone groups is 1. The van der Waals surface area contributed by atoms with Crippen LogP contribution in [0.4, 0.5) is 19.6 Å². The Morgan fingerprint density at radius 3 is 2.67 bits per heavy atom. The molecule has 0 aliphatic carbocycles. The molecular weight excluding hydrogens is 346 g/mol. The molecule has 0 radical (unpaired) electrons. The summed E-state index contributed by atoms with van der Waals surface area (Å²) in [5.41, 5.74) is 0.384. The van der Waals surface area contributed by atoms with E-state index >= 15 is 0 Å². The van der Waals surface area contributed by atoms with Gasteiger partial charge in [-0.3, -0.25) is 5.32 Å². The number of halogens is 2. The Morgan fingerprint density at radius 1 is 1.33 bits per heavy atom. The minimum Gasteiger partial charge on any atom is -0.323 e. The largest absolute Gasteiger partial charge is 0.329 e. The van der Waals surface area contributed by atoms with E-state index in [2.05, 4.69) is 15.5 Å². The number of carbonyl (C=O) groups is 1. The number of amides is 2. The molecule has 2 amide bonds. The Kier molecular flexibility index (Phi) is 5.12. The van der Waals surface area contributed by atoms with Gasteiger partial charge < -0.3 is 9.42 Å². The van der Waals surface area contributed by atoms with Crippen molar-refractivity contribution in [3.8, 4) is 0 Å². The van der Waals surface area contributed by atoms with Crippen LogP contribution in [0.1, 0.15) is 11.4 Å². The molecule has 0 aliphatic rings. The van der Waals surface area contributed by atoms with Gasteiger partial charge in [0.25, 0.3) is 0 Å². The predicted molar refractivity (Wildman–Crippen MR) is 79.7 cm³/mol. The lowest BCUT2D eigenvalue weighted by atomic mass is 10.2. The van der Waals surface area contributed by atoms with Gasteiger partial charge in [0.15, 0.2) is 27.3 Å². The van der Waals surface area contributed by atoms with E-state index in [-0.39, 0.29) is 18.4 Å². The molecule has 0 saturated carbocycles. The van der Waals surface area contributed by atoms with E-state index in [9.17, 15) is 22.0 Å². The minimum absolute atomic E-state index is 0.00731. The Balaban J connectivity index is 1.97. The summed E-state index contributed by atoms with van der Waals surface area (Å²) in [6.45, 7) is 0.00731. The number of benzene rings is 1. The van der Waals surface area contributed by atoms with E-state index in [1.165, 1.54) is 18.0 Å². The van der Waals surface area contributed by atoms with Gasteiger partial charge in [0.2, 0.25) is 0 Å². The number of hydrogen-bond donors (Lipinski definition) is 1. The van der Waals surface area contributed by atoms with E-state index in [1.807, 2.05) is 0 Å². The maximum atomic E-state index is 13.1. The van der Waals surface area contributed by atoms with Gasteiger partial charge in [0.05, 0.1) is 0 Å². The van der Waals surface area contributed by atoms with Crippen molar-refractivity contribution in [2.24, 2.45) is 0 Å². The first-order chi connectivity index (χ1) is 11.1. The smallest absolute Gasteiger partial charge is 0.323 e. The number of urea groups is 1. The monoisotopic (exact) mass is 360 g/mol. The minimum atomic E-state index is -3.33. The van der Waals surface area contributed by atoms with E-state index in [0.717, 1.165) is 18.4 Å². The lowest BCUT2D eigenvalue weighted by molar-refractivity contribution is 0.219. The molecular formula is C13H14F2N4O4S. The van der Waals surface area contributed by atoms with Crippen LogP contribution in [0.2, 0.25) is 0 Å². The fraction of sp³-hybridized carbons (Fsp3) is 0.308. The van der Waals surface area contributed by atoms with Gasteiger partial charge in [-0.25, -0.2) is 22.0 Å². The van der Waals surface area contributed by atoms with Crippen LogP contribution in [0, 0.1) is 11.6 Å². The van der Waals surface area contributed by atoms with Gasteiger partial charge in [-0.05, 0) is 17.7 Å². The van der Waals surface area contributed by atoms with Gasteiger partial charge in [-0.1, -0.05) is 11.2 Å². The zero-order valence-electron chi connectivity index (χ0n) is 12.8. The van der Waals surface area contributed by atoms with Gasteiger partial charge >= 0.3 is 12.0 Å². The molecule has 0 atom stereocenters. The van der Waals surface area contributed by atoms with Crippen molar-refractivity contribution in [2.75, 3.05) is 18.6 Å². The summed E-state index contributed by atoms with van der Waals surface area (Å²) in [4.78, 5) is 16.9. The molecule has 1 N–H and O–H groups in total. The molecule has 0 spiro atoms. The van der Waals surface area contributed by atoms with Crippen LogP contribution < -0.4 is 5.32 Å². The van der Waals surface area contributed by atoms with Crippen molar-refractivity contribution in [3.63, 3.8) is 0 Å². The van der Waals surface area contributed by atoms with Crippen molar-refractivity contribution < 1.29 is 26.5 Å². The van der Waals surface area contributed by atoms with Gasteiger partial charge in [0, 0.05) is 19.8 Å². The van der Waals surface area contributed by atoms with E-state index in [0.29, 0.717) is 5.56 Å². The maximum absolute atomic E-state index is 13.1. The van der Waals surface area contributed by atoms with Gasteiger partial charge in [-0.15, -0.1) is 0 Å². The summed E-state index contributed by atoms with van der Waals surface area (Å²) in [5.74, 6) is -2.49. The molecule has 0 saturated heterocycles. The van der Waals surface area contributed by atoms with Crippen molar-refractivity contribution in [1.29, 1.82) is 0 Å². The van der Waals surface area contributed by atoms with Crippen LogP contribution in [0.25, 0.3) is 0 Å². The zero-order valence-corrected chi connectivity index (χ0v) is 13.6. The quantitative estimate of drug-likeness (QED) is 0.867. The first-order valence-electron chi connectivity index (χ1n) is 6.60. The molecule has 1 aromatic carbocycles. The second-order valence-electron chi connectivity index (χ2n) is 5.12. The van der Waals surface area contributed by atoms with Crippen LogP contribution in [0.3, 0.4) is 0 Å². The Hall–Kier alpha value is -2.56. The normalized spacial score (nSPS) is 11.3. The first-order valence-corrected chi connectivity index (χ1v) is 8.66. The molecule has 0 bridgehead atoms. The van der Waals surface area contributed by atoms with Crippen LogP contribution in [0.15, 0.2) is 22.7 Å². The molecule has 0 fully saturated rings. The summed E-state index contributed by atoms with van der Waals surface area (Å²) in [6, 6.07) is 2.38. The number of nitrogens with one attached hydrogen (secondary N) is 1. The molecule has 24 heavy (non-hydrogen) atoms. The molecule has 8 nitrogen and oxygen atoms in total. The van der Waals surface area contributed by atoms with Crippen LogP contribution >= 0.6 is 0 Å². The summed E-state index contributed by atoms with van der Waals surface area (Å²) in [5, 5.41) is 5.71. The number of hydrogen-bond acceptors (Lipinski definition) is 6. The maximum Gasteiger partial charge on any atom is 0.329 e. The Labute approximate surface area is 136 Å². The van der Waals surface area contributed by atoms with Crippen LogP contribution in [-0.4, -0.2) is 42.8 Å². The second kappa shape index (κ2) is 6.91. The van der Waals surface area contributed by atoms with Crippen LogP contribution in [-0.2, 0) is 22.1 Å².